The fourth-order valence-corrected chi connectivity index (χ4v) is 2.92. The predicted octanol–water partition coefficient (Wildman–Crippen LogP) is 5.58. The van der Waals surface area contributed by atoms with E-state index < -0.39 is 5.97 Å². The van der Waals surface area contributed by atoms with Crippen molar-refractivity contribution in [2.75, 3.05) is 13.1 Å². The summed E-state index contributed by atoms with van der Waals surface area (Å²) < 4.78 is 5.25. The minimum atomic E-state index is -0.410. The first-order valence-corrected chi connectivity index (χ1v) is 9.43. The lowest BCUT2D eigenvalue weighted by molar-refractivity contribution is -0.138. The first-order valence-electron chi connectivity index (χ1n) is 9.05. The van der Waals surface area contributed by atoms with Gasteiger partial charge in [-0.15, -0.1) is 5.11 Å². The van der Waals surface area contributed by atoms with Crippen LogP contribution in [0.3, 0.4) is 0 Å². The summed E-state index contributed by atoms with van der Waals surface area (Å²) in [5, 5.41) is 11.2. The average molecular weight is 384 g/mol. The molecule has 2 aromatic rings. The van der Waals surface area contributed by atoms with E-state index in [4.69, 9.17) is 16.3 Å². The van der Waals surface area contributed by atoms with E-state index in [1.807, 2.05) is 41.4 Å². The van der Waals surface area contributed by atoms with Gasteiger partial charge in [0.1, 0.15) is 6.61 Å². The lowest BCUT2D eigenvalue weighted by Gasteiger charge is -2.21. The zero-order valence-electron chi connectivity index (χ0n) is 15.1. The molecular weight excluding hydrogens is 362 g/mol. The summed E-state index contributed by atoms with van der Waals surface area (Å²) in [7, 11) is 0. The Bertz CT molecular complexity index is 815. The number of esters is 1. The summed E-state index contributed by atoms with van der Waals surface area (Å²) in [6.07, 6.45) is 6.58. The largest absolute Gasteiger partial charge is 0.458 e. The van der Waals surface area contributed by atoms with Gasteiger partial charge < -0.3 is 4.74 Å². The van der Waals surface area contributed by atoms with Crippen LogP contribution in [0.4, 0.5) is 5.69 Å². The summed E-state index contributed by atoms with van der Waals surface area (Å²) in [6.45, 7) is 2.08. The van der Waals surface area contributed by atoms with Crippen LogP contribution in [0.1, 0.15) is 30.4 Å². The molecule has 0 radical (unpaired) electrons. The van der Waals surface area contributed by atoms with Gasteiger partial charge in [0.25, 0.3) is 0 Å². The molecule has 27 heavy (non-hydrogen) atoms. The zero-order chi connectivity index (χ0) is 18.9. The molecule has 0 N–H and O–H groups in total. The fraction of sp³-hybridized carbons (Fsp3) is 0.286. The summed E-state index contributed by atoms with van der Waals surface area (Å²) in [5.41, 5.74) is 2.33. The highest BCUT2D eigenvalue weighted by atomic mass is 35.5. The molecule has 1 aliphatic heterocycles. The topological polar surface area (TPSA) is 54.3 Å². The highest BCUT2D eigenvalue weighted by Crippen LogP contribution is 2.26. The third kappa shape index (κ3) is 6.22. The minimum absolute atomic E-state index is 0.242. The molecule has 5 nitrogen and oxygen atoms in total. The van der Waals surface area contributed by atoms with Gasteiger partial charge in [0, 0.05) is 29.8 Å². The quantitative estimate of drug-likeness (QED) is 0.371. The van der Waals surface area contributed by atoms with Crippen LogP contribution in [0.15, 0.2) is 64.9 Å². The first kappa shape index (κ1) is 19.1. The lowest BCUT2D eigenvalue weighted by Crippen LogP contribution is -2.23. The van der Waals surface area contributed by atoms with E-state index in [-0.39, 0.29) is 6.61 Å². The Morgan fingerprint density at radius 3 is 2.67 bits per heavy atom. The third-order valence-corrected chi connectivity index (χ3v) is 4.46. The maximum atomic E-state index is 12.0. The third-order valence-electron chi connectivity index (χ3n) is 4.23. The summed E-state index contributed by atoms with van der Waals surface area (Å²) >= 11 is 6.09. The standard InChI is InChI=1S/C21H22ClN3O2/c22-19-11-9-18(20(15-19)23-24-25-13-5-2-6-14-25)10-12-21(26)27-16-17-7-3-1-4-8-17/h1,3-4,7-12,15H,2,5-6,13-14,16H2/b12-10+,24-23?. The zero-order valence-corrected chi connectivity index (χ0v) is 15.8. The average Bonchev–Trinajstić information content (AvgIpc) is 2.71. The molecule has 1 heterocycles. The normalized spacial score (nSPS) is 14.8. The lowest BCUT2D eigenvalue weighted by atomic mass is 10.1. The second-order valence-corrected chi connectivity index (χ2v) is 6.77. The van der Waals surface area contributed by atoms with Crippen molar-refractivity contribution in [1.82, 2.24) is 5.01 Å². The summed E-state index contributed by atoms with van der Waals surface area (Å²) in [4.78, 5) is 12.0. The number of ether oxygens (including phenoxy) is 1. The highest BCUT2D eigenvalue weighted by Gasteiger charge is 2.08. The van der Waals surface area contributed by atoms with Gasteiger partial charge in [-0.25, -0.2) is 4.79 Å². The fourth-order valence-electron chi connectivity index (χ4n) is 2.76. The number of hydrogen-bond acceptors (Lipinski definition) is 4. The van der Waals surface area contributed by atoms with Gasteiger partial charge in [-0.2, -0.15) is 0 Å². The number of carbonyl (C=O) groups is 1. The SMILES string of the molecule is O=C(/C=C/c1ccc(Cl)cc1N=NN1CCCCC1)OCc1ccccc1. The van der Waals surface area contributed by atoms with E-state index in [0.717, 1.165) is 37.1 Å². The molecule has 1 saturated heterocycles. The van der Waals surface area contributed by atoms with E-state index in [2.05, 4.69) is 10.3 Å². The van der Waals surface area contributed by atoms with Crippen LogP contribution in [0.5, 0.6) is 0 Å². The van der Waals surface area contributed by atoms with Gasteiger partial charge in [-0.3, -0.25) is 5.01 Å². The Morgan fingerprint density at radius 2 is 1.89 bits per heavy atom. The molecule has 0 saturated carbocycles. The Morgan fingerprint density at radius 1 is 1.11 bits per heavy atom. The molecule has 0 aromatic heterocycles. The summed E-state index contributed by atoms with van der Waals surface area (Å²) in [6, 6.07) is 14.9. The molecule has 0 atom stereocenters. The van der Waals surface area contributed by atoms with Crippen molar-refractivity contribution in [3.8, 4) is 0 Å². The van der Waals surface area contributed by atoms with Crippen molar-refractivity contribution in [2.24, 2.45) is 10.3 Å². The van der Waals surface area contributed by atoms with Crippen LogP contribution in [0.25, 0.3) is 6.08 Å². The van der Waals surface area contributed by atoms with Gasteiger partial charge in [0.05, 0.1) is 5.69 Å². The van der Waals surface area contributed by atoms with Gasteiger partial charge >= 0.3 is 5.97 Å². The van der Waals surface area contributed by atoms with Crippen LogP contribution >= 0.6 is 11.6 Å². The van der Waals surface area contributed by atoms with Crippen molar-refractivity contribution in [1.29, 1.82) is 0 Å². The number of halogens is 1. The Kier molecular flexibility index (Phi) is 6.99. The highest BCUT2D eigenvalue weighted by molar-refractivity contribution is 6.30. The van der Waals surface area contributed by atoms with Crippen LogP contribution in [0.2, 0.25) is 5.02 Å². The molecule has 6 heteroatoms. The van der Waals surface area contributed by atoms with Crippen LogP contribution < -0.4 is 0 Å². The first-order chi connectivity index (χ1) is 13.2. The molecule has 1 fully saturated rings. The smallest absolute Gasteiger partial charge is 0.331 e. The molecule has 0 amide bonds. The van der Waals surface area contributed by atoms with Crippen LogP contribution in [0, 0.1) is 0 Å². The molecule has 0 unspecified atom stereocenters. The number of nitrogens with zero attached hydrogens (tertiary/aromatic N) is 3. The molecule has 3 rings (SSSR count). The predicted molar refractivity (Wildman–Crippen MR) is 107 cm³/mol. The van der Waals surface area contributed by atoms with E-state index in [1.54, 1.807) is 18.2 Å². The van der Waals surface area contributed by atoms with Crippen molar-refractivity contribution in [3.05, 3.63) is 70.8 Å². The van der Waals surface area contributed by atoms with Gasteiger partial charge in [-0.05, 0) is 43.0 Å². The van der Waals surface area contributed by atoms with E-state index in [1.165, 1.54) is 12.5 Å². The van der Waals surface area contributed by atoms with Crippen molar-refractivity contribution in [3.63, 3.8) is 0 Å². The number of benzene rings is 2. The van der Waals surface area contributed by atoms with Gasteiger partial charge in [-0.1, -0.05) is 53.2 Å². The maximum Gasteiger partial charge on any atom is 0.331 e. The Labute approximate surface area is 164 Å². The van der Waals surface area contributed by atoms with Crippen molar-refractivity contribution >= 4 is 29.3 Å². The monoisotopic (exact) mass is 383 g/mol. The van der Waals surface area contributed by atoms with Crippen molar-refractivity contribution < 1.29 is 9.53 Å². The Hall–Kier alpha value is -2.66. The second-order valence-electron chi connectivity index (χ2n) is 6.33. The van der Waals surface area contributed by atoms with Gasteiger partial charge in [0.15, 0.2) is 0 Å². The molecule has 1 aliphatic rings. The van der Waals surface area contributed by atoms with E-state index in [0.29, 0.717) is 10.7 Å². The number of carbonyl (C=O) groups excluding carboxylic acids is 1. The number of rotatable bonds is 6. The Balaban J connectivity index is 1.63. The molecule has 140 valence electrons. The molecule has 0 aliphatic carbocycles. The minimum Gasteiger partial charge on any atom is -0.458 e. The molecule has 0 bridgehead atoms. The molecule has 2 aromatic carbocycles. The van der Waals surface area contributed by atoms with E-state index >= 15 is 0 Å². The second kappa shape index (κ2) is 9.88. The summed E-state index contributed by atoms with van der Waals surface area (Å²) in [5.74, 6) is -0.410. The number of piperidine rings is 1. The van der Waals surface area contributed by atoms with Crippen molar-refractivity contribution in [2.45, 2.75) is 25.9 Å². The maximum absolute atomic E-state index is 12.0. The van der Waals surface area contributed by atoms with Gasteiger partial charge in [0.2, 0.25) is 0 Å². The number of hydrogen-bond donors (Lipinski definition) is 0. The molecular formula is C21H22ClN3O2. The molecule has 0 spiro atoms. The van der Waals surface area contributed by atoms with Crippen LogP contribution in [-0.2, 0) is 16.1 Å². The van der Waals surface area contributed by atoms with Crippen LogP contribution in [-0.4, -0.2) is 24.1 Å². The van der Waals surface area contributed by atoms with E-state index in [9.17, 15) is 4.79 Å².